The molecule has 2 aliphatic rings. The van der Waals surface area contributed by atoms with Gasteiger partial charge in [0.25, 0.3) is 5.91 Å². The normalized spacial score (nSPS) is 20.8. The van der Waals surface area contributed by atoms with E-state index in [2.05, 4.69) is 15.9 Å². The number of ether oxygens (including phenoxy) is 1. The molecule has 1 saturated carbocycles. The molecule has 1 amide bonds. The van der Waals surface area contributed by atoms with Gasteiger partial charge in [0.2, 0.25) is 0 Å². The molecule has 1 aromatic carbocycles. The minimum Gasteiger partial charge on any atom is -0.482 e. The van der Waals surface area contributed by atoms with Crippen LogP contribution in [0.1, 0.15) is 12.8 Å². The number of para-hydroxylation sites is 2. The van der Waals surface area contributed by atoms with E-state index in [0.717, 1.165) is 23.3 Å². The van der Waals surface area contributed by atoms with Crippen molar-refractivity contribution in [1.29, 1.82) is 0 Å². The summed E-state index contributed by atoms with van der Waals surface area (Å²) in [5.41, 5.74) is 1.20. The zero-order chi connectivity index (χ0) is 11.9. The van der Waals surface area contributed by atoms with Gasteiger partial charge in [-0.25, -0.2) is 0 Å². The molecule has 1 aliphatic heterocycles. The molecule has 1 fully saturated rings. The molecular formula is C13H14BrNO2. The number of nitrogens with zero attached hydrogens (tertiary/aromatic N) is 1. The molecule has 0 spiro atoms. The van der Waals surface area contributed by atoms with Crippen molar-refractivity contribution in [3.63, 3.8) is 0 Å². The molecule has 90 valence electrons. The van der Waals surface area contributed by atoms with Crippen LogP contribution >= 0.6 is 15.9 Å². The Labute approximate surface area is 109 Å². The number of carbonyl (C=O) groups excluding carboxylic acids is 1. The molecule has 3 rings (SSSR count). The van der Waals surface area contributed by atoms with Crippen molar-refractivity contribution in [2.24, 2.45) is 5.41 Å². The summed E-state index contributed by atoms with van der Waals surface area (Å²) in [6, 6.07) is 7.75. The van der Waals surface area contributed by atoms with Gasteiger partial charge in [-0.2, -0.15) is 0 Å². The Morgan fingerprint density at radius 3 is 2.82 bits per heavy atom. The number of rotatable bonds is 3. The summed E-state index contributed by atoms with van der Waals surface area (Å²) in [5.74, 6) is 0.883. The lowest BCUT2D eigenvalue weighted by atomic mass is 10.1. The van der Waals surface area contributed by atoms with Gasteiger partial charge in [0.15, 0.2) is 6.61 Å². The summed E-state index contributed by atoms with van der Waals surface area (Å²) >= 11 is 3.55. The number of anilines is 1. The molecule has 0 radical (unpaired) electrons. The van der Waals surface area contributed by atoms with E-state index in [0.29, 0.717) is 5.41 Å². The monoisotopic (exact) mass is 295 g/mol. The van der Waals surface area contributed by atoms with Crippen LogP contribution in [-0.2, 0) is 4.79 Å². The number of benzene rings is 1. The van der Waals surface area contributed by atoms with E-state index in [1.165, 1.54) is 12.8 Å². The first-order valence-corrected chi connectivity index (χ1v) is 6.94. The number of halogens is 1. The van der Waals surface area contributed by atoms with E-state index in [-0.39, 0.29) is 12.5 Å². The maximum atomic E-state index is 12.0. The minimum atomic E-state index is 0.0657. The largest absolute Gasteiger partial charge is 0.482 e. The summed E-state index contributed by atoms with van der Waals surface area (Å²) in [5, 5.41) is 0.965. The van der Waals surface area contributed by atoms with Crippen LogP contribution in [-0.4, -0.2) is 24.4 Å². The van der Waals surface area contributed by atoms with Crippen molar-refractivity contribution < 1.29 is 9.53 Å². The van der Waals surface area contributed by atoms with Crippen molar-refractivity contribution in [3.05, 3.63) is 24.3 Å². The third-order valence-corrected chi connectivity index (χ3v) is 4.73. The average molecular weight is 296 g/mol. The number of fused-ring (bicyclic) bond motifs is 1. The lowest BCUT2D eigenvalue weighted by Gasteiger charge is -2.31. The van der Waals surface area contributed by atoms with Crippen LogP contribution in [0.4, 0.5) is 5.69 Å². The second-order valence-corrected chi connectivity index (χ2v) is 5.43. The van der Waals surface area contributed by atoms with Crippen LogP contribution in [0.2, 0.25) is 0 Å². The summed E-state index contributed by atoms with van der Waals surface area (Å²) in [4.78, 5) is 13.8. The van der Waals surface area contributed by atoms with Gasteiger partial charge in [-0.3, -0.25) is 4.79 Å². The predicted molar refractivity (Wildman–Crippen MR) is 69.8 cm³/mol. The van der Waals surface area contributed by atoms with Crippen molar-refractivity contribution in [2.45, 2.75) is 12.8 Å². The van der Waals surface area contributed by atoms with Gasteiger partial charge < -0.3 is 9.64 Å². The highest BCUT2D eigenvalue weighted by atomic mass is 79.9. The lowest BCUT2D eigenvalue weighted by molar-refractivity contribution is -0.121. The Balaban J connectivity index is 1.90. The highest BCUT2D eigenvalue weighted by Gasteiger charge is 2.45. The van der Waals surface area contributed by atoms with Gasteiger partial charge in [-0.1, -0.05) is 28.1 Å². The zero-order valence-corrected chi connectivity index (χ0v) is 11.1. The first-order valence-electron chi connectivity index (χ1n) is 5.82. The first kappa shape index (κ1) is 11.1. The van der Waals surface area contributed by atoms with E-state index < -0.39 is 0 Å². The lowest BCUT2D eigenvalue weighted by Crippen LogP contribution is -2.42. The Kier molecular flexibility index (Phi) is 2.62. The third kappa shape index (κ3) is 1.95. The molecule has 17 heavy (non-hydrogen) atoms. The van der Waals surface area contributed by atoms with Crippen LogP contribution in [0.5, 0.6) is 5.75 Å². The van der Waals surface area contributed by atoms with Gasteiger partial charge in [0.1, 0.15) is 5.75 Å². The molecule has 1 heterocycles. The van der Waals surface area contributed by atoms with E-state index >= 15 is 0 Å². The van der Waals surface area contributed by atoms with E-state index in [1.807, 2.05) is 29.2 Å². The smallest absolute Gasteiger partial charge is 0.265 e. The Morgan fingerprint density at radius 2 is 2.12 bits per heavy atom. The molecule has 0 atom stereocenters. The van der Waals surface area contributed by atoms with Crippen molar-refractivity contribution >= 4 is 27.5 Å². The van der Waals surface area contributed by atoms with Crippen LogP contribution in [0, 0.1) is 5.41 Å². The van der Waals surface area contributed by atoms with Crippen LogP contribution < -0.4 is 9.64 Å². The topological polar surface area (TPSA) is 29.5 Å². The minimum absolute atomic E-state index is 0.0657. The SMILES string of the molecule is O=C1COc2ccccc2N1CC1(CBr)CC1. The molecule has 0 N–H and O–H groups in total. The Bertz CT molecular complexity index is 456. The summed E-state index contributed by atoms with van der Waals surface area (Å²) in [6.07, 6.45) is 2.40. The Morgan fingerprint density at radius 1 is 1.35 bits per heavy atom. The molecule has 0 aromatic heterocycles. The molecular weight excluding hydrogens is 282 g/mol. The highest BCUT2D eigenvalue weighted by Crippen LogP contribution is 2.49. The number of alkyl halides is 1. The molecule has 1 aliphatic carbocycles. The van der Waals surface area contributed by atoms with Gasteiger partial charge >= 0.3 is 0 Å². The van der Waals surface area contributed by atoms with Gasteiger partial charge in [-0.05, 0) is 30.4 Å². The summed E-state index contributed by atoms with van der Waals surface area (Å²) < 4.78 is 5.43. The standard InChI is InChI=1S/C13H14BrNO2/c14-8-13(5-6-13)9-15-10-3-1-2-4-11(10)17-7-12(15)16/h1-4H,5-9H2. The maximum Gasteiger partial charge on any atom is 0.265 e. The zero-order valence-electron chi connectivity index (χ0n) is 9.49. The average Bonchev–Trinajstić information content (AvgIpc) is 3.14. The fraction of sp³-hybridized carbons (Fsp3) is 0.462. The fourth-order valence-corrected chi connectivity index (χ4v) is 2.91. The quantitative estimate of drug-likeness (QED) is 0.802. The van der Waals surface area contributed by atoms with Crippen LogP contribution in [0.25, 0.3) is 0 Å². The van der Waals surface area contributed by atoms with Crippen molar-refractivity contribution in [2.75, 3.05) is 23.4 Å². The van der Waals surface area contributed by atoms with Gasteiger partial charge in [0.05, 0.1) is 5.69 Å². The Hall–Kier alpha value is -1.03. The fourth-order valence-electron chi connectivity index (χ4n) is 2.17. The second kappa shape index (κ2) is 4.02. The first-order chi connectivity index (χ1) is 8.24. The predicted octanol–water partition coefficient (Wildman–Crippen LogP) is 2.59. The van der Waals surface area contributed by atoms with Crippen molar-refractivity contribution in [3.8, 4) is 5.75 Å². The molecule has 0 unspecified atom stereocenters. The van der Waals surface area contributed by atoms with Gasteiger partial charge in [-0.15, -0.1) is 0 Å². The second-order valence-electron chi connectivity index (χ2n) is 4.87. The van der Waals surface area contributed by atoms with E-state index in [9.17, 15) is 4.79 Å². The van der Waals surface area contributed by atoms with Crippen LogP contribution in [0.3, 0.4) is 0 Å². The molecule has 3 nitrogen and oxygen atoms in total. The molecule has 0 saturated heterocycles. The number of hydrogen-bond acceptors (Lipinski definition) is 2. The van der Waals surface area contributed by atoms with Gasteiger partial charge in [0, 0.05) is 11.9 Å². The highest BCUT2D eigenvalue weighted by molar-refractivity contribution is 9.09. The summed E-state index contributed by atoms with van der Waals surface area (Å²) in [6.45, 7) is 0.965. The summed E-state index contributed by atoms with van der Waals surface area (Å²) in [7, 11) is 0. The number of amides is 1. The number of carbonyl (C=O) groups is 1. The molecule has 1 aromatic rings. The third-order valence-electron chi connectivity index (χ3n) is 3.54. The van der Waals surface area contributed by atoms with E-state index in [4.69, 9.17) is 4.74 Å². The van der Waals surface area contributed by atoms with E-state index in [1.54, 1.807) is 0 Å². The maximum absolute atomic E-state index is 12.0. The van der Waals surface area contributed by atoms with Crippen molar-refractivity contribution in [1.82, 2.24) is 0 Å². The van der Waals surface area contributed by atoms with Crippen LogP contribution in [0.15, 0.2) is 24.3 Å². The molecule has 0 bridgehead atoms. The number of hydrogen-bond donors (Lipinski definition) is 0. The molecule has 4 heteroatoms.